The van der Waals surface area contributed by atoms with Gasteiger partial charge in [0.2, 0.25) is 0 Å². The minimum atomic E-state index is 0.436. The number of nitrogens with zero attached hydrogens (tertiary/aromatic N) is 2. The molecule has 2 aromatic rings. The van der Waals surface area contributed by atoms with Crippen LogP contribution in [0, 0.1) is 11.3 Å². The Morgan fingerprint density at radius 3 is 3.33 bits per heavy atom. The Kier molecular flexibility index (Phi) is 1.52. The van der Waals surface area contributed by atoms with Gasteiger partial charge in [0.25, 0.3) is 0 Å². The Labute approximate surface area is 69.7 Å². The van der Waals surface area contributed by atoms with E-state index in [1.807, 2.05) is 18.3 Å². The largest absolute Gasteiger partial charge is 0.346 e. The first-order valence-electron chi connectivity index (χ1n) is 3.70. The summed E-state index contributed by atoms with van der Waals surface area (Å²) in [6.07, 6.45) is 4.00. The van der Waals surface area contributed by atoms with E-state index in [1.54, 1.807) is 6.20 Å². The molecule has 0 spiro atoms. The quantitative estimate of drug-likeness (QED) is 0.684. The van der Waals surface area contributed by atoms with E-state index in [-0.39, 0.29) is 0 Å². The van der Waals surface area contributed by atoms with Gasteiger partial charge >= 0.3 is 0 Å². The van der Waals surface area contributed by atoms with E-state index >= 15 is 0 Å². The number of nitriles is 1. The molecule has 3 nitrogen and oxygen atoms in total. The molecule has 0 aliphatic rings. The van der Waals surface area contributed by atoms with E-state index in [0.29, 0.717) is 6.42 Å². The fourth-order valence-electron chi connectivity index (χ4n) is 1.24. The van der Waals surface area contributed by atoms with Crippen molar-refractivity contribution in [2.45, 2.75) is 6.42 Å². The molecule has 0 fully saturated rings. The van der Waals surface area contributed by atoms with Crippen molar-refractivity contribution in [3.8, 4) is 6.07 Å². The van der Waals surface area contributed by atoms with Gasteiger partial charge in [0.1, 0.15) is 5.65 Å². The molecule has 1 N–H and O–H groups in total. The molecular weight excluding hydrogens is 150 g/mol. The highest BCUT2D eigenvalue weighted by atomic mass is 14.8. The minimum absolute atomic E-state index is 0.436. The lowest BCUT2D eigenvalue weighted by Crippen LogP contribution is -1.77. The van der Waals surface area contributed by atoms with E-state index in [9.17, 15) is 0 Å². The van der Waals surface area contributed by atoms with Crippen molar-refractivity contribution in [1.82, 2.24) is 9.97 Å². The van der Waals surface area contributed by atoms with Gasteiger partial charge < -0.3 is 4.98 Å². The first-order chi connectivity index (χ1) is 5.92. The summed E-state index contributed by atoms with van der Waals surface area (Å²) in [5.74, 6) is 0. The molecule has 58 valence electrons. The lowest BCUT2D eigenvalue weighted by atomic mass is 10.2. The summed E-state index contributed by atoms with van der Waals surface area (Å²) < 4.78 is 0. The van der Waals surface area contributed by atoms with Crippen LogP contribution in [-0.2, 0) is 6.42 Å². The van der Waals surface area contributed by atoms with Gasteiger partial charge in [-0.05, 0) is 17.7 Å². The Morgan fingerprint density at radius 1 is 1.58 bits per heavy atom. The molecule has 2 rings (SSSR count). The van der Waals surface area contributed by atoms with E-state index in [4.69, 9.17) is 5.26 Å². The van der Waals surface area contributed by atoms with Gasteiger partial charge in [-0.3, -0.25) is 0 Å². The number of hydrogen-bond donors (Lipinski definition) is 1. The molecule has 0 saturated heterocycles. The molecule has 0 atom stereocenters. The second-order valence-corrected chi connectivity index (χ2v) is 2.55. The van der Waals surface area contributed by atoms with E-state index in [0.717, 1.165) is 16.6 Å². The van der Waals surface area contributed by atoms with E-state index in [2.05, 4.69) is 16.0 Å². The number of rotatable bonds is 1. The Morgan fingerprint density at radius 2 is 2.50 bits per heavy atom. The molecule has 0 bridgehead atoms. The van der Waals surface area contributed by atoms with Crippen LogP contribution in [0.1, 0.15) is 5.56 Å². The van der Waals surface area contributed by atoms with Crippen LogP contribution in [0.3, 0.4) is 0 Å². The second-order valence-electron chi connectivity index (χ2n) is 2.55. The predicted molar refractivity (Wildman–Crippen MR) is 45.4 cm³/mol. The van der Waals surface area contributed by atoms with Crippen molar-refractivity contribution < 1.29 is 0 Å². The first-order valence-corrected chi connectivity index (χ1v) is 3.70. The third-order valence-electron chi connectivity index (χ3n) is 1.81. The fraction of sp³-hybridized carbons (Fsp3) is 0.111. The second kappa shape index (κ2) is 2.67. The number of hydrogen-bond acceptors (Lipinski definition) is 2. The smallest absolute Gasteiger partial charge is 0.137 e. The zero-order valence-corrected chi connectivity index (χ0v) is 6.41. The number of aromatic amines is 1. The number of H-pyrrole nitrogens is 1. The molecule has 12 heavy (non-hydrogen) atoms. The predicted octanol–water partition coefficient (Wildman–Crippen LogP) is 1.63. The molecular formula is C9H7N3. The van der Waals surface area contributed by atoms with Crippen LogP contribution in [0.25, 0.3) is 11.0 Å². The van der Waals surface area contributed by atoms with Gasteiger partial charge in [-0.15, -0.1) is 0 Å². The number of pyridine rings is 1. The maximum atomic E-state index is 8.51. The van der Waals surface area contributed by atoms with Crippen molar-refractivity contribution in [3.63, 3.8) is 0 Å². The first kappa shape index (κ1) is 6.86. The van der Waals surface area contributed by atoms with Gasteiger partial charge in [0.15, 0.2) is 0 Å². The molecule has 2 heterocycles. The third-order valence-corrected chi connectivity index (χ3v) is 1.81. The zero-order chi connectivity index (χ0) is 8.39. The average Bonchev–Trinajstić information content (AvgIpc) is 2.50. The number of aromatic nitrogens is 2. The summed E-state index contributed by atoms with van der Waals surface area (Å²) in [4.78, 5) is 7.13. The average molecular weight is 157 g/mol. The molecule has 0 radical (unpaired) electrons. The van der Waals surface area contributed by atoms with Crippen LogP contribution in [0.4, 0.5) is 0 Å². The summed E-state index contributed by atoms with van der Waals surface area (Å²) in [5, 5.41) is 9.55. The van der Waals surface area contributed by atoms with Crippen LogP contribution < -0.4 is 0 Å². The lowest BCUT2D eigenvalue weighted by molar-refractivity contribution is 1.27. The highest BCUT2D eigenvalue weighted by Crippen LogP contribution is 2.15. The summed E-state index contributed by atoms with van der Waals surface area (Å²) >= 11 is 0. The van der Waals surface area contributed by atoms with Crippen molar-refractivity contribution in [1.29, 1.82) is 5.26 Å². The third kappa shape index (κ3) is 0.940. The Bertz CT molecular complexity index is 436. The van der Waals surface area contributed by atoms with Gasteiger partial charge in [-0.1, -0.05) is 0 Å². The van der Waals surface area contributed by atoms with Crippen molar-refractivity contribution >= 4 is 11.0 Å². The maximum Gasteiger partial charge on any atom is 0.137 e. The molecule has 0 saturated carbocycles. The van der Waals surface area contributed by atoms with Crippen LogP contribution in [0.15, 0.2) is 24.5 Å². The summed E-state index contributed by atoms with van der Waals surface area (Å²) in [5.41, 5.74) is 1.86. The van der Waals surface area contributed by atoms with Crippen molar-refractivity contribution in [3.05, 3.63) is 30.1 Å². The van der Waals surface area contributed by atoms with Crippen LogP contribution in [0.2, 0.25) is 0 Å². The van der Waals surface area contributed by atoms with E-state index in [1.165, 1.54) is 0 Å². The Balaban J connectivity index is 2.64. The van der Waals surface area contributed by atoms with Crippen LogP contribution in [0.5, 0.6) is 0 Å². The standard InChI is InChI=1S/C9H7N3/c10-4-3-7-6-12-9-8(7)2-1-5-11-9/h1-2,5-6H,3H2,(H,11,12). The van der Waals surface area contributed by atoms with Crippen LogP contribution >= 0.6 is 0 Å². The molecule has 0 aromatic carbocycles. The van der Waals surface area contributed by atoms with Crippen molar-refractivity contribution in [2.24, 2.45) is 0 Å². The van der Waals surface area contributed by atoms with Gasteiger partial charge in [0, 0.05) is 17.8 Å². The molecule has 0 aliphatic carbocycles. The molecule has 0 unspecified atom stereocenters. The van der Waals surface area contributed by atoms with Gasteiger partial charge in [-0.25, -0.2) is 4.98 Å². The zero-order valence-electron chi connectivity index (χ0n) is 6.41. The minimum Gasteiger partial charge on any atom is -0.346 e. The number of nitrogens with one attached hydrogen (secondary N) is 1. The van der Waals surface area contributed by atoms with Crippen LogP contribution in [-0.4, -0.2) is 9.97 Å². The normalized spacial score (nSPS) is 9.92. The maximum absolute atomic E-state index is 8.51. The highest BCUT2D eigenvalue weighted by molar-refractivity contribution is 5.79. The summed E-state index contributed by atoms with van der Waals surface area (Å²) in [6.45, 7) is 0. The van der Waals surface area contributed by atoms with E-state index < -0.39 is 0 Å². The Hall–Kier alpha value is -1.82. The van der Waals surface area contributed by atoms with Crippen molar-refractivity contribution in [2.75, 3.05) is 0 Å². The topological polar surface area (TPSA) is 52.5 Å². The lowest BCUT2D eigenvalue weighted by Gasteiger charge is -1.88. The highest BCUT2D eigenvalue weighted by Gasteiger charge is 2.01. The number of fused-ring (bicyclic) bond motifs is 1. The molecule has 2 aromatic heterocycles. The van der Waals surface area contributed by atoms with Gasteiger partial charge in [0.05, 0.1) is 12.5 Å². The SMILES string of the molecule is N#CCc1c[nH]c2ncccc12. The summed E-state index contributed by atoms with van der Waals surface area (Å²) in [6, 6.07) is 5.95. The fourth-order valence-corrected chi connectivity index (χ4v) is 1.24. The molecule has 0 amide bonds. The monoisotopic (exact) mass is 157 g/mol. The van der Waals surface area contributed by atoms with Gasteiger partial charge in [-0.2, -0.15) is 5.26 Å². The molecule has 0 aliphatic heterocycles. The molecule has 3 heteroatoms. The summed E-state index contributed by atoms with van der Waals surface area (Å²) in [7, 11) is 0.